The molecular formula is C37H30N6. The van der Waals surface area contributed by atoms with E-state index < -0.39 is 6.17 Å². The zero-order chi connectivity index (χ0) is 29.4. The van der Waals surface area contributed by atoms with Crippen LogP contribution in [0, 0.1) is 0 Å². The Kier molecular flexibility index (Phi) is 8.18. The largest absolute Gasteiger partial charge is 0.383 e. The summed E-state index contributed by atoms with van der Waals surface area (Å²) in [6, 6.07) is 36.7. The predicted molar refractivity (Wildman–Crippen MR) is 175 cm³/mol. The summed E-state index contributed by atoms with van der Waals surface area (Å²) in [6.07, 6.45) is 10.2. The minimum atomic E-state index is -0.522. The molecule has 1 unspecified atom stereocenters. The Morgan fingerprint density at radius 2 is 0.814 bits per heavy atom. The Morgan fingerprint density at radius 1 is 0.465 bits per heavy atom. The van der Waals surface area contributed by atoms with Crippen molar-refractivity contribution < 1.29 is 0 Å². The highest BCUT2D eigenvalue weighted by Crippen LogP contribution is 2.27. The first-order valence-electron chi connectivity index (χ1n) is 14.0. The zero-order valence-corrected chi connectivity index (χ0v) is 23.7. The number of hydrogen-bond donors (Lipinski definition) is 1. The van der Waals surface area contributed by atoms with E-state index in [0.29, 0.717) is 5.84 Å². The van der Waals surface area contributed by atoms with Gasteiger partial charge in [0.2, 0.25) is 0 Å². The molecule has 0 bridgehead atoms. The van der Waals surface area contributed by atoms with Crippen molar-refractivity contribution in [3.8, 4) is 33.4 Å². The van der Waals surface area contributed by atoms with Gasteiger partial charge in [0, 0.05) is 48.5 Å². The van der Waals surface area contributed by atoms with Gasteiger partial charge in [0.05, 0.1) is 0 Å². The molecule has 6 heteroatoms. The Hall–Kier alpha value is -5.75. The highest BCUT2D eigenvalue weighted by Gasteiger charge is 2.13. The summed E-state index contributed by atoms with van der Waals surface area (Å²) in [4.78, 5) is 22.4. The molecular weight excluding hydrogens is 528 g/mol. The lowest BCUT2D eigenvalue weighted by atomic mass is 10.0. The van der Waals surface area contributed by atoms with Crippen molar-refractivity contribution in [2.45, 2.75) is 13.1 Å². The fourth-order valence-corrected chi connectivity index (χ4v) is 4.86. The first-order valence-corrected chi connectivity index (χ1v) is 14.0. The Balaban J connectivity index is 1.32. The lowest BCUT2D eigenvalue weighted by Crippen LogP contribution is -2.15. The zero-order valence-electron chi connectivity index (χ0n) is 23.7. The minimum absolute atomic E-state index is 0.425. The molecule has 0 spiro atoms. The number of hydrogen-bond acceptors (Lipinski definition) is 5. The second-order valence-corrected chi connectivity index (χ2v) is 10.1. The average Bonchev–Trinajstić information content (AvgIpc) is 3.09. The molecule has 0 aliphatic heterocycles. The lowest BCUT2D eigenvalue weighted by Gasteiger charge is -2.14. The molecule has 6 nitrogen and oxygen atoms in total. The predicted octanol–water partition coefficient (Wildman–Crippen LogP) is 7.79. The van der Waals surface area contributed by atoms with Crippen molar-refractivity contribution in [2.24, 2.45) is 15.7 Å². The summed E-state index contributed by atoms with van der Waals surface area (Å²) in [5.41, 5.74) is 16.9. The number of benzene rings is 3. The standard InChI is InChI=1S/C37H30N6/c1-26(27-2-4-28(5-3-27)31-14-20-39-21-15-31)42-37(35-12-8-30(9-13-35)33-18-24-41-25-19-33)43-36(38)34-10-6-29(7-11-34)32-16-22-40-23-17-32/h2-25,37H,1H3,(H2,38,43)/b42-26+. The van der Waals surface area contributed by atoms with Crippen molar-refractivity contribution in [1.82, 2.24) is 15.0 Å². The van der Waals surface area contributed by atoms with Crippen molar-refractivity contribution in [2.75, 3.05) is 0 Å². The molecule has 0 aliphatic rings. The van der Waals surface area contributed by atoms with Crippen molar-refractivity contribution >= 4 is 11.5 Å². The minimum Gasteiger partial charge on any atom is -0.383 e. The van der Waals surface area contributed by atoms with Gasteiger partial charge in [-0.1, -0.05) is 72.8 Å². The molecule has 0 radical (unpaired) electrons. The normalized spacial score (nSPS) is 12.6. The molecule has 3 heterocycles. The monoisotopic (exact) mass is 558 g/mol. The number of aromatic nitrogens is 3. The van der Waals surface area contributed by atoms with Gasteiger partial charge in [-0.25, -0.2) is 4.99 Å². The molecule has 208 valence electrons. The summed E-state index contributed by atoms with van der Waals surface area (Å²) in [7, 11) is 0. The molecule has 2 N–H and O–H groups in total. The molecule has 6 aromatic rings. The molecule has 0 aliphatic carbocycles. The van der Waals surface area contributed by atoms with E-state index in [2.05, 4.69) is 63.5 Å². The van der Waals surface area contributed by atoms with Gasteiger partial charge in [-0.3, -0.25) is 19.9 Å². The maximum atomic E-state index is 6.60. The summed E-state index contributed by atoms with van der Waals surface area (Å²) in [6.45, 7) is 2.01. The molecule has 0 fully saturated rings. The SMILES string of the molecule is C/C(=N\C(/N=C(\N)c1ccc(-c2ccncc2)cc1)c1ccc(-c2ccncc2)cc1)c1ccc(-c2ccncc2)cc1. The molecule has 0 saturated heterocycles. The molecule has 0 saturated carbocycles. The second-order valence-electron chi connectivity index (χ2n) is 10.1. The molecule has 0 amide bonds. The lowest BCUT2D eigenvalue weighted by molar-refractivity contribution is 0.777. The van der Waals surface area contributed by atoms with E-state index in [9.17, 15) is 0 Å². The van der Waals surface area contributed by atoms with Crippen LogP contribution in [0.5, 0.6) is 0 Å². The van der Waals surface area contributed by atoms with E-state index in [1.54, 1.807) is 37.2 Å². The smallest absolute Gasteiger partial charge is 0.167 e. The van der Waals surface area contributed by atoms with Crippen LogP contribution in [0.2, 0.25) is 0 Å². The third-order valence-electron chi connectivity index (χ3n) is 7.31. The van der Waals surface area contributed by atoms with Crippen LogP contribution in [0.1, 0.15) is 29.8 Å². The molecule has 1 atom stereocenters. The van der Waals surface area contributed by atoms with E-state index in [1.165, 1.54) is 0 Å². The van der Waals surface area contributed by atoms with Crippen LogP contribution < -0.4 is 5.73 Å². The first kappa shape index (κ1) is 27.4. The fourth-order valence-electron chi connectivity index (χ4n) is 4.86. The number of pyridine rings is 3. The van der Waals surface area contributed by atoms with Gasteiger partial charge in [-0.15, -0.1) is 0 Å². The maximum Gasteiger partial charge on any atom is 0.167 e. The van der Waals surface area contributed by atoms with Crippen LogP contribution in [0.25, 0.3) is 33.4 Å². The second kappa shape index (κ2) is 12.8. The van der Waals surface area contributed by atoms with Crippen LogP contribution in [-0.2, 0) is 0 Å². The first-order chi connectivity index (χ1) is 21.1. The van der Waals surface area contributed by atoms with Crippen molar-refractivity contribution in [3.63, 3.8) is 0 Å². The Bertz CT molecular complexity index is 1730. The summed E-state index contributed by atoms with van der Waals surface area (Å²) >= 11 is 0. The quantitative estimate of drug-likeness (QED) is 0.153. The van der Waals surface area contributed by atoms with Crippen LogP contribution in [0.3, 0.4) is 0 Å². The van der Waals surface area contributed by atoms with Crippen LogP contribution in [-0.4, -0.2) is 26.5 Å². The van der Waals surface area contributed by atoms with Gasteiger partial charge in [0.1, 0.15) is 5.84 Å². The van der Waals surface area contributed by atoms with Crippen molar-refractivity contribution in [1.29, 1.82) is 0 Å². The highest BCUT2D eigenvalue weighted by molar-refractivity contribution is 6.00. The third-order valence-corrected chi connectivity index (χ3v) is 7.31. The highest BCUT2D eigenvalue weighted by atomic mass is 15.0. The van der Waals surface area contributed by atoms with Crippen LogP contribution in [0.4, 0.5) is 0 Å². The van der Waals surface area contributed by atoms with Gasteiger partial charge in [-0.05, 0) is 87.8 Å². The van der Waals surface area contributed by atoms with Gasteiger partial charge >= 0.3 is 0 Å². The van der Waals surface area contributed by atoms with Gasteiger partial charge < -0.3 is 5.73 Å². The molecule has 3 aromatic carbocycles. The van der Waals surface area contributed by atoms with E-state index in [1.807, 2.05) is 67.6 Å². The maximum absolute atomic E-state index is 6.60. The van der Waals surface area contributed by atoms with E-state index >= 15 is 0 Å². The van der Waals surface area contributed by atoms with Gasteiger partial charge in [0.25, 0.3) is 0 Å². The number of nitrogens with two attached hydrogens (primary N) is 1. The van der Waals surface area contributed by atoms with E-state index in [-0.39, 0.29) is 0 Å². The van der Waals surface area contributed by atoms with Crippen LogP contribution >= 0.6 is 0 Å². The Morgan fingerprint density at radius 3 is 1.23 bits per heavy atom. The molecule has 3 aromatic heterocycles. The fraction of sp³-hybridized carbons (Fsp3) is 0.0541. The summed E-state index contributed by atoms with van der Waals surface area (Å²) in [5.74, 6) is 0.425. The number of aliphatic imine (C=N–C) groups is 2. The summed E-state index contributed by atoms with van der Waals surface area (Å²) < 4.78 is 0. The Labute approximate surface area is 251 Å². The van der Waals surface area contributed by atoms with E-state index in [0.717, 1.165) is 55.8 Å². The number of rotatable bonds is 8. The number of amidine groups is 1. The van der Waals surface area contributed by atoms with E-state index in [4.69, 9.17) is 15.7 Å². The summed E-state index contributed by atoms with van der Waals surface area (Å²) in [5, 5.41) is 0. The average molecular weight is 559 g/mol. The third kappa shape index (κ3) is 6.60. The number of nitrogens with zero attached hydrogens (tertiary/aromatic N) is 5. The van der Waals surface area contributed by atoms with Gasteiger partial charge in [0.15, 0.2) is 6.17 Å². The van der Waals surface area contributed by atoms with Crippen molar-refractivity contribution in [3.05, 3.63) is 163 Å². The van der Waals surface area contributed by atoms with Crippen LogP contribution in [0.15, 0.2) is 156 Å². The topological polar surface area (TPSA) is 89.4 Å². The molecule has 6 rings (SSSR count). The molecule has 43 heavy (non-hydrogen) atoms. The van der Waals surface area contributed by atoms with Gasteiger partial charge in [-0.2, -0.15) is 0 Å².